The second-order valence-corrected chi connectivity index (χ2v) is 16.7. The SMILES string of the molecule is CC1(C)C2=C(C=CCC2)c2ccc(N(C3=CC4C(C=C3)c3cccc5c3C43C4=C(CCC=C45)c4ccccc43)C3=C4C=CCCC4=CCC3)cc21. The summed E-state index contributed by atoms with van der Waals surface area (Å²) in [6.07, 6.45) is 31.6. The highest BCUT2D eigenvalue weighted by Gasteiger charge is 2.63. The van der Waals surface area contributed by atoms with Gasteiger partial charge in [0, 0.05) is 34.3 Å². The lowest BCUT2D eigenvalue weighted by Crippen LogP contribution is -2.34. The molecule has 0 bridgehead atoms. The van der Waals surface area contributed by atoms with Crippen LogP contribution in [0.4, 0.5) is 5.69 Å². The van der Waals surface area contributed by atoms with Gasteiger partial charge in [0.2, 0.25) is 0 Å². The van der Waals surface area contributed by atoms with Crippen LogP contribution in [0.5, 0.6) is 0 Å². The summed E-state index contributed by atoms with van der Waals surface area (Å²) in [4.78, 5) is 2.71. The zero-order chi connectivity index (χ0) is 33.6. The lowest BCUT2D eigenvalue weighted by atomic mass is 9.66. The number of fused-ring (bicyclic) bond motifs is 8. The number of anilines is 1. The van der Waals surface area contributed by atoms with Gasteiger partial charge >= 0.3 is 0 Å². The number of allylic oxidation sites excluding steroid dienone is 17. The standard InChI is InChI=1S/C50H43N/c1-49(2)42-21-7-5-15-34(42)36-26-24-31(28-44(36)49)51(46-23-9-13-30-12-3-4-14-33(30)46)32-25-27-37-39-18-11-20-41-40-19-10-17-38-35-16-6-8-22-43(35)50(47(38)40,48(39)41)45(37)29-32/h4-6,8,11,13-16,18-20,22,24-29,37,45H,3,7,9-10,12,17,21,23H2,1-2H3. The summed E-state index contributed by atoms with van der Waals surface area (Å²) in [5, 5.41) is 0. The van der Waals surface area contributed by atoms with E-state index in [9.17, 15) is 0 Å². The Balaban J connectivity index is 1.09. The van der Waals surface area contributed by atoms with E-state index in [-0.39, 0.29) is 10.8 Å². The van der Waals surface area contributed by atoms with E-state index in [1.165, 1.54) is 61.6 Å². The van der Waals surface area contributed by atoms with E-state index in [0.717, 1.165) is 51.4 Å². The van der Waals surface area contributed by atoms with Crippen LogP contribution in [-0.4, -0.2) is 0 Å². The monoisotopic (exact) mass is 657 g/mol. The fourth-order valence-corrected chi connectivity index (χ4v) is 12.3. The molecule has 3 atom stereocenters. The van der Waals surface area contributed by atoms with Crippen LogP contribution >= 0.6 is 0 Å². The molecule has 1 nitrogen and oxygen atoms in total. The first-order valence-electron chi connectivity index (χ1n) is 19.6. The van der Waals surface area contributed by atoms with Crippen molar-refractivity contribution in [2.24, 2.45) is 5.92 Å². The van der Waals surface area contributed by atoms with Crippen molar-refractivity contribution < 1.29 is 0 Å². The summed E-state index contributed by atoms with van der Waals surface area (Å²) in [5.74, 6) is 0.689. The minimum absolute atomic E-state index is 0.0334. The summed E-state index contributed by atoms with van der Waals surface area (Å²) in [6, 6.07) is 24.1. The van der Waals surface area contributed by atoms with Crippen molar-refractivity contribution in [1.82, 2.24) is 0 Å². The predicted octanol–water partition coefficient (Wildman–Crippen LogP) is 12.3. The van der Waals surface area contributed by atoms with Crippen LogP contribution in [0.2, 0.25) is 0 Å². The van der Waals surface area contributed by atoms with Crippen LogP contribution in [0, 0.1) is 5.92 Å². The van der Waals surface area contributed by atoms with Crippen molar-refractivity contribution in [2.75, 3.05) is 4.90 Å². The Labute approximate surface area is 302 Å². The first kappa shape index (κ1) is 28.8. The van der Waals surface area contributed by atoms with Crippen LogP contribution in [0.15, 0.2) is 149 Å². The third kappa shape index (κ3) is 3.44. The topological polar surface area (TPSA) is 3.24 Å². The average molecular weight is 658 g/mol. The molecule has 12 rings (SSSR count). The molecule has 51 heavy (non-hydrogen) atoms. The van der Waals surface area contributed by atoms with Gasteiger partial charge in [-0.05, 0) is 142 Å². The third-order valence-electron chi connectivity index (χ3n) is 14.2. The average Bonchev–Trinajstić information content (AvgIpc) is 3.84. The molecule has 9 aliphatic rings. The summed E-state index contributed by atoms with van der Waals surface area (Å²) in [6.45, 7) is 4.92. The van der Waals surface area contributed by atoms with Gasteiger partial charge in [0.15, 0.2) is 0 Å². The zero-order valence-corrected chi connectivity index (χ0v) is 29.7. The molecular weight excluding hydrogens is 615 g/mol. The van der Waals surface area contributed by atoms with Gasteiger partial charge in [-0.3, -0.25) is 0 Å². The number of nitrogens with zero attached hydrogens (tertiary/aromatic N) is 1. The van der Waals surface area contributed by atoms with Crippen LogP contribution in [0.25, 0.3) is 16.7 Å². The van der Waals surface area contributed by atoms with E-state index >= 15 is 0 Å². The normalized spacial score (nSPS) is 27.7. The molecule has 1 spiro atoms. The van der Waals surface area contributed by atoms with E-state index in [0.29, 0.717) is 11.8 Å². The van der Waals surface area contributed by atoms with Gasteiger partial charge < -0.3 is 4.90 Å². The summed E-state index contributed by atoms with van der Waals surface area (Å²) < 4.78 is 0. The van der Waals surface area contributed by atoms with Crippen molar-refractivity contribution in [3.8, 4) is 0 Å². The maximum Gasteiger partial charge on any atom is 0.0547 e. The van der Waals surface area contributed by atoms with Gasteiger partial charge in [0.25, 0.3) is 0 Å². The molecule has 0 fully saturated rings. The Hall–Kier alpha value is -4.88. The van der Waals surface area contributed by atoms with Crippen molar-refractivity contribution in [2.45, 2.75) is 82.0 Å². The maximum atomic E-state index is 2.74. The Morgan fingerprint density at radius 2 is 1.55 bits per heavy atom. The lowest BCUT2D eigenvalue weighted by molar-refractivity contribution is 0.466. The summed E-state index contributed by atoms with van der Waals surface area (Å²) >= 11 is 0. The largest absolute Gasteiger partial charge is 0.314 e. The summed E-state index contributed by atoms with van der Waals surface area (Å²) in [5.41, 5.74) is 25.5. The maximum absolute atomic E-state index is 2.74. The molecule has 0 amide bonds. The minimum Gasteiger partial charge on any atom is -0.314 e. The Kier molecular flexibility index (Phi) is 5.59. The van der Waals surface area contributed by atoms with Crippen molar-refractivity contribution in [1.29, 1.82) is 0 Å². The molecule has 9 aliphatic carbocycles. The van der Waals surface area contributed by atoms with Crippen LogP contribution < -0.4 is 4.90 Å². The number of hydrogen-bond acceptors (Lipinski definition) is 1. The fraction of sp³-hybridized carbons (Fsp3) is 0.280. The van der Waals surface area contributed by atoms with Gasteiger partial charge in [-0.15, -0.1) is 0 Å². The lowest BCUT2D eigenvalue weighted by Gasteiger charge is -2.40. The molecule has 0 saturated carbocycles. The highest BCUT2D eigenvalue weighted by molar-refractivity contribution is 6.06. The third-order valence-corrected chi connectivity index (χ3v) is 14.2. The van der Waals surface area contributed by atoms with E-state index in [1.54, 1.807) is 33.4 Å². The van der Waals surface area contributed by atoms with E-state index in [1.807, 2.05) is 0 Å². The predicted molar refractivity (Wildman–Crippen MR) is 211 cm³/mol. The van der Waals surface area contributed by atoms with Gasteiger partial charge in [-0.2, -0.15) is 0 Å². The molecule has 0 aromatic heterocycles. The highest BCUT2D eigenvalue weighted by Crippen LogP contribution is 2.73. The van der Waals surface area contributed by atoms with E-state index in [2.05, 4.69) is 134 Å². The molecule has 3 aromatic carbocycles. The van der Waals surface area contributed by atoms with Crippen LogP contribution in [-0.2, 0) is 10.8 Å². The van der Waals surface area contributed by atoms with Gasteiger partial charge in [0.05, 0.1) is 5.41 Å². The molecular formula is C50H43N. The highest BCUT2D eigenvalue weighted by atomic mass is 15.2. The molecule has 0 heterocycles. The van der Waals surface area contributed by atoms with Crippen LogP contribution in [0.3, 0.4) is 0 Å². The van der Waals surface area contributed by atoms with E-state index in [4.69, 9.17) is 0 Å². The molecule has 0 aliphatic heterocycles. The second kappa shape index (κ2) is 9.91. The first-order chi connectivity index (χ1) is 25.1. The minimum atomic E-state index is -0.119. The Bertz CT molecular complexity index is 2460. The van der Waals surface area contributed by atoms with Gasteiger partial charge in [0.1, 0.15) is 0 Å². The Morgan fingerprint density at radius 3 is 2.49 bits per heavy atom. The molecule has 3 aromatic rings. The number of hydrogen-bond donors (Lipinski definition) is 0. The van der Waals surface area contributed by atoms with Crippen molar-refractivity contribution in [3.63, 3.8) is 0 Å². The second-order valence-electron chi connectivity index (χ2n) is 16.7. The van der Waals surface area contributed by atoms with Gasteiger partial charge in [-0.1, -0.05) is 117 Å². The molecule has 0 N–H and O–H groups in total. The Morgan fingerprint density at radius 1 is 0.706 bits per heavy atom. The van der Waals surface area contributed by atoms with Gasteiger partial charge in [-0.25, -0.2) is 0 Å². The number of rotatable bonds is 3. The molecule has 248 valence electrons. The van der Waals surface area contributed by atoms with E-state index < -0.39 is 0 Å². The zero-order valence-electron chi connectivity index (χ0n) is 29.7. The fourth-order valence-electron chi connectivity index (χ4n) is 12.3. The van der Waals surface area contributed by atoms with Crippen LogP contribution in [0.1, 0.15) is 110 Å². The molecule has 0 saturated heterocycles. The molecule has 3 unspecified atom stereocenters. The molecule has 0 radical (unpaired) electrons. The number of benzene rings is 3. The smallest absolute Gasteiger partial charge is 0.0547 e. The quantitative estimate of drug-likeness (QED) is 0.271. The molecule has 1 heteroatoms. The summed E-state index contributed by atoms with van der Waals surface area (Å²) in [7, 11) is 0. The first-order valence-corrected chi connectivity index (χ1v) is 19.6. The van der Waals surface area contributed by atoms with Crippen molar-refractivity contribution in [3.05, 3.63) is 188 Å². The van der Waals surface area contributed by atoms with Crippen molar-refractivity contribution >= 4 is 22.4 Å².